The molecule has 0 aliphatic heterocycles. The van der Waals surface area contributed by atoms with Crippen LogP contribution in [0.5, 0.6) is 0 Å². The van der Waals surface area contributed by atoms with Crippen LogP contribution in [0.2, 0.25) is 0 Å². The summed E-state index contributed by atoms with van der Waals surface area (Å²) < 4.78 is 5.66. The number of allylic oxidation sites excluding steroid dienone is 3. The number of nitrogens with zero attached hydrogens (tertiary/aromatic N) is 1. The smallest absolute Gasteiger partial charge is 0.338 e. The van der Waals surface area contributed by atoms with E-state index < -0.39 is 5.60 Å². The van der Waals surface area contributed by atoms with E-state index in [1.54, 1.807) is 0 Å². The summed E-state index contributed by atoms with van der Waals surface area (Å²) in [7, 11) is 0. The van der Waals surface area contributed by atoms with Crippen LogP contribution in [-0.4, -0.2) is 29.6 Å². The lowest BCUT2D eigenvalue weighted by atomic mass is 9.32. The van der Waals surface area contributed by atoms with E-state index in [-0.39, 0.29) is 16.8 Å². The first-order valence-corrected chi connectivity index (χ1v) is 20.8. The Balaban J connectivity index is 1.13. The number of carbonyl (C=O) groups is 1. The van der Waals surface area contributed by atoms with E-state index in [0.717, 1.165) is 43.7 Å². The first-order chi connectivity index (χ1) is 24.5. The fourth-order valence-electron chi connectivity index (χ4n) is 13.9. The quantitative estimate of drug-likeness (QED) is 0.169. The molecule has 1 aromatic carbocycles. The average Bonchev–Trinajstić information content (AvgIpc) is 3.47. The van der Waals surface area contributed by atoms with Crippen molar-refractivity contribution >= 4 is 11.5 Å². The molecule has 5 aliphatic carbocycles. The standard InChI is InChI=1S/C48H68N2O2/c1-32(2)36-20-26-48(31-49-30-23-35-13-11-12-29-50-35)28-27-46(9)38(41(36)48)18-19-40-45(8)24-21-37(44(6,7)39(45)22-25-47(40,46)10)33-14-16-34(17-15-33)42(51)52-43(3,4)5/h11-17,21,29,36,38-41,49H,1,18-20,22-28,30-31H2,2-10H3/t36-,38+,39-,40+,41+,45-,46+,47+,48+/m0/s1. The molecule has 5 aliphatic rings. The van der Waals surface area contributed by atoms with Gasteiger partial charge in [0.05, 0.1) is 5.56 Å². The molecule has 7 rings (SSSR count). The predicted octanol–water partition coefficient (Wildman–Crippen LogP) is 11.5. The molecule has 0 unspecified atom stereocenters. The molecule has 4 heteroatoms. The van der Waals surface area contributed by atoms with Crippen molar-refractivity contribution in [3.8, 4) is 0 Å². The lowest BCUT2D eigenvalue weighted by molar-refractivity contribution is -0.225. The lowest BCUT2D eigenvalue weighted by Gasteiger charge is -2.72. The van der Waals surface area contributed by atoms with E-state index in [2.05, 4.69) is 88.8 Å². The molecule has 2 aromatic rings. The molecule has 0 bridgehead atoms. The number of fused-ring (bicyclic) bond motifs is 7. The third-order valence-corrected chi connectivity index (χ3v) is 16.4. The van der Waals surface area contributed by atoms with Crippen LogP contribution in [0.25, 0.3) is 5.57 Å². The molecule has 0 saturated heterocycles. The van der Waals surface area contributed by atoms with Gasteiger partial charge < -0.3 is 10.1 Å². The number of aromatic nitrogens is 1. The van der Waals surface area contributed by atoms with Gasteiger partial charge in [-0.3, -0.25) is 4.98 Å². The topological polar surface area (TPSA) is 51.2 Å². The van der Waals surface area contributed by atoms with E-state index >= 15 is 0 Å². The third kappa shape index (κ3) is 6.06. The zero-order chi connectivity index (χ0) is 37.3. The Morgan fingerprint density at radius 2 is 1.65 bits per heavy atom. The highest BCUT2D eigenvalue weighted by molar-refractivity contribution is 5.90. The summed E-state index contributed by atoms with van der Waals surface area (Å²) in [6, 6.07) is 14.5. The fraction of sp³-hybridized carbons (Fsp3) is 0.667. The van der Waals surface area contributed by atoms with Crippen LogP contribution in [0.1, 0.15) is 142 Å². The van der Waals surface area contributed by atoms with Crippen molar-refractivity contribution in [2.24, 2.45) is 56.7 Å². The summed E-state index contributed by atoms with van der Waals surface area (Å²) >= 11 is 0. The zero-order valence-electron chi connectivity index (χ0n) is 34.0. The highest BCUT2D eigenvalue weighted by atomic mass is 16.6. The Morgan fingerprint density at radius 3 is 2.33 bits per heavy atom. The zero-order valence-corrected chi connectivity index (χ0v) is 34.0. The summed E-state index contributed by atoms with van der Waals surface area (Å²) in [5, 5.41) is 3.99. The Kier molecular flexibility index (Phi) is 9.57. The number of benzene rings is 1. The minimum absolute atomic E-state index is 0.0542. The maximum absolute atomic E-state index is 12.8. The number of ether oxygens (including phenoxy) is 1. The molecule has 1 N–H and O–H groups in total. The molecule has 9 atom stereocenters. The second-order valence-electron chi connectivity index (χ2n) is 20.4. The van der Waals surface area contributed by atoms with E-state index in [0.29, 0.717) is 33.6 Å². The van der Waals surface area contributed by atoms with Gasteiger partial charge in [-0.05, 0) is 178 Å². The van der Waals surface area contributed by atoms with Crippen molar-refractivity contribution in [1.82, 2.24) is 10.3 Å². The third-order valence-electron chi connectivity index (χ3n) is 16.4. The van der Waals surface area contributed by atoms with E-state index in [1.807, 2.05) is 45.2 Å². The number of hydrogen-bond acceptors (Lipinski definition) is 4. The van der Waals surface area contributed by atoms with Crippen LogP contribution in [0, 0.1) is 56.7 Å². The van der Waals surface area contributed by atoms with Gasteiger partial charge in [0.25, 0.3) is 0 Å². The van der Waals surface area contributed by atoms with Gasteiger partial charge in [0.1, 0.15) is 5.60 Å². The molecule has 4 nitrogen and oxygen atoms in total. The maximum atomic E-state index is 12.8. The Labute approximate surface area is 316 Å². The van der Waals surface area contributed by atoms with Crippen molar-refractivity contribution < 1.29 is 9.53 Å². The van der Waals surface area contributed by atoms with Crippen molar-refractivity contribution in [3.05, 3.63) is 83.7 Å². The van der Waals surface area contributed by atoms with Crippen molar-refractivity contribution in [2.75, 3.05) is 13.1 Å². The van der Waals surface area contributed by atoms with Crippen molar-refractivity contribution in [1.29, 1.82) is 0 Å². The van der Waals surface area contributed by atoms with Gasteiger partial charge in [-0.1, -0.05) is 71.0 Å². The monoisotopic (exact) mass is 705 g/mol. The lowest BCUT2D eigenvalue weighted by Crippen LogP contribution is -2.65. The Hall–Kier alpha value is -2.72. The van der Waals surface area contributed by atoms with Crippen LogP contribution < -0.4 is 5.32 Å². The van der Waals surface area contributed by atoms with Gasteiger partial charge >= 0.3 is 5.97 Å². The normalized spacial score (nSPS) is 37.9. The molecular formula is C48H68N2O2. The highest BCUT2D eigenvalue weighted by Gasteiger charge is 2.70. The highest BCUT2D eigenvalue weighted by Crippen LogP contribution is 2.77. The van der Waals surface area contributed by atoms with Gasteiger partial charge in [-0.2, -0.15) is 0 Å². The minimum atomic E-state index is -0.498. The maximum Gasteiger partial charge on any atom is 0.338 e. The van der Waals surface area contributed by atoms with E-state index in [1.165, 1.54) is 73.8 Å². The van der Waals surface area contributed by atoms with Crippen LogP contribution in [0.15, 0.2) is 66.9 Å². The SMILES string of the molecule is C=C(C)[C@@H]1CC[C@]2(CNCCc3ccccn3)CC[C@]3(C)[C@H](CC[C@@H]4[C@@]5(C)CC=C(c6ccc(C(=O)OC(C)(C)C)cc6)C(C)(C)[C@@H]5CC[C@]43C)[C@@H]12. The average molecular weight is 705 g/mol. The molecule has 282 valence electrons. The summed E-state index contributed by atoms with van der Waals surface area (Å²) in [5.74, 6) is 3.24. The number of pyridine rings is 1. The van der Waals surface area contributed by atoms with E-state index in [9.17, 15) is 4.79 Å². The van der Waals surface area contributed by atoms with Gasteiger partial charge in [-0.25, -0.2) is 4.79 Å². The van der Waals surface area contributed by atoms with Gasteiger partial charge in [-0.15, -0.1) is 0 Å². The van der Waals surface area contributed by atoms with Crippen LogP contribution in [0.3, 0.4) is 0 Å². The first-order valence-electron chi connectivity index (χ1n) is 20.8. The molecular weight excluding hydrogens is 637 g/mol. The van der Waals surface area contributed by atoms with Gasteiger partial charge in [0, 0.05) is 31.4 Å². The van der Waals surface area contributed by atoms with Gasteiger partial charge in [0.2, 0.25) is 0 Å². The molecule has 0 amide bonds. The van der Waals surface area contributed by atoms with Crippen molar-refractivity contribution in [3.63, 3.8) is 0 Å². The predicted molar refractivity (Wildman–Crippen MR) is 215 cm³/mol. The van der Waals surface area contributed by atoms with E-state index in [4.69, 9.17) is 4.74 Å². The summed E-state index contributed by atoms with van der Waals surface area (Å²) in [4.78, 5) is 17.4. The second kappa shape index (κ2) is 13.2. The number of carbonyl (C=O) groups excluding carboxylic acids is 1. The molecule has 4 saturated carbocycles. The first kappa shape index (κ1) is 37.6. The summed E-state index contributed by atoms with van der Waals surface area (Å²) in [5.41, 5.74) is 6.85. The second-order valence-corrected chi connectivity index (χ2v) is 20.4. The molecule has 1 aromatic heterocycles. The molecule has 0 spiro atoms. The van der Waals surface area contributed by atoms with Crippen LogP contribution in [-0.2, 0) is 11.2 Å². The van der Waals surface area contributed by atoms with Crippen LogP contribution >= 0.6 is 0 Å². The Bertz CT molecular complexity index is 1680. The van der Waals surface area contributed by atoms with Crippen molar-refractivity contribution in [2.45, 2.75) is 132 Å². The Morgan fingerprint density at radius 1 is 0.904 bits per heavy atom. The summed E-state index contributed by atoms with van der Waals surface area (Å²) in [6.45, 7) is 28.1. The minimum Gasteiger partial charge on any atom is -0.456 e. The number of hydrogen-bond donors (Lipinski definition) is 1. The number of rotatable bonds is 8. The van der Waals surface area contributed by atoms with Crippen LogP contribution in [0.4, 0.5) is 0 Å². The largest absolute Gasteiger partial charge is 0.456 e. The molecule has 4 fully saturated rings. The molecule has 52 heavy (non-hydrogen) atoms. The number of nitrogens with one attached hydrogen (secondary N) is 1. The number of esters is 1. The fourth-order valence-corrected chi connectivity index (χ4v) is 13.9. The van der Waals surface area contributed by atoms with Gasteiger partial charge in [0.15, 0.2) is 0 Å². The summed E-state index contributed by atoms with van der Waals surface area (Å²) in [6.07, 6.45) is 17.4. The molecule has 1 heterocycles. The molecule has 0 radical (unpaired) electrons.